The summed E-state index contributed by atoms with van der Waals surface area (Å²) >= 11 is 0. The molecule has 0 bridgehead atoms. The number of anilines is 1. The molecular weight excluding hydrogens is 463 g/mol. The van der Waals surface area contributed by atoms with Crippen LogP contribution in [0.15, 0.2) is 48.7 Å². The first-order valence-corrected chi connectivity index (χ1v) is 12.4. The number of imide groups is 1. The normalized spacial score (nSPS) is 31.0. The summed E-state index contributed by atoms with van der Waals surface area (Å²) < 4.78 is 20.1. The van der Waals surface area contributed by atoms with Gasteiger partial charge in [-0.3, -0.25) is 24.6 Å². The summed E-state index contributed by atoms with van der Waals surface area (Å²) in [7, 11) is 0. The first-order chi connectivity index (χ1) is 17.5. The van der Waals surface area contributed by atoms with E-state index in [4.69, 9.17) is 4.74 Å². The average molecular weight is 489 g/mol. The van der Waals surface area contributed by atoms with Gasteiger partial charge in [-0.25, -0.2) is 4.39 Å². The van der Waals surface area contributed by atoms with Crippen LogP contribution in [0.1, 0.15) is 24.0 Å². The number of H-pyrrole nitrogens is 1. The Morgan fingerprint density at radius 3 is 2.81 bits per heavy atom. The Morgan fingerprint density at radius 1 is 1.11 bits per heavy atom. The second kappa shape index (κ2) is 7.72. The number of hydrogen-bond acceptors (Lipinski definition) is 5. The number of aromatic nitrogens is 1. The maximum atomic E-state index is 14.4. The molecule has 7 rings (SSSR count). The number of halogens is 1. The van der Waals surface area contributed by atoms with Crippen LogP contribution >= 0.6 is 0 Å². The van der Waals surface area contributed by atoms with E-state index in [1.54, 1.807) is 0 Å². The number of fused-ring (bicyclic) bond motifs is 5. The molecule has 4 aliphatic rings. The molecule has 184 valence electrons. The summed E-state index contributed by atoms with van der Waals surface area (Å²) in [5.41, 5.74) is 1.27. The molecule has 1 aromatic heterocycles. The molecule has 1 spiro atoms. The molecule has 8 nitrogen and oxygen atoms in total. The molecule has 4 aliphatic heterocycles. The van der Waals surface area contributed by atoms with Gasteiger partial charge in [-0.15, -0.1) is 0 Å². The van der Waals surface area contributed by atoms with Crippen molar-refractivity contribution in [3.05, 3.63) is 65.6 Å². The molecule has 36 heavy (non-hydrogen) atoms. The minimum atomic E-state index is -1.52. The van der Waals surface area contributed by atoms with Crippen LogP contribution < -0.4 is 10.6 Å². The molecule has 0 aliphatic carbocycles. The van der Waals surface area contributed by atoms with Crippen molar-refractivity contribution in [3.8, 4) is 0 Å². The van der Waals surface area contributed by atoms with Crippen LogP contribution in [-0.2, 0) is 31.1 Å². The Balaban J connectivity index is 1.33. The number of benzene rings is 2. The van der Waals surface area contributed by atoms with E-state index in [0.29, 0.717) is 24.3 Å². The van der Waals surface area contributed by atoms with Crippen molar-refractivity contribution < 1.29 is 23.5 Å². The Labute approximate surface area is 206 Å². The number of likely N-dealkylation sites (tertiary alicyclic amines) is 1. The molecule has 0 saturated carbocycles. The van der Waals surface area contributed by atoms with Gasteiger partial charge >= 0.3 is 0 Å². The monoisotopic (exact) mass is 488 g/mol. The molecular formula is C27H25FN4O4. The van der Waals surface area contributed by atoms with Gasteiger partial charge in [-0.2, -0.15) is 0 Å². The lowest BCUT2D eigenvalue weighted by molar-refractivity contribution is -0.144. The molecule has 3 N–H and O–H groups in total. The van der Waals surface area contributed by atoms with Crippen LogP contribution in [0.4, 0.5) is 10.1 Å². The minimum Gasteiger partial charge on any atom is -0.376 e. The molecule has 9 heteroatoms. The van der Waals surface area contributed by atoms with Crippen molar-refractivity contribution in [3.63, 3.8) is 0 Å². The van der Waals surface area contributed by atoms with Crippen LogP contribution in [0.25, 0.3) is 10.9 Å². The zero-order valence-corrected chi connectivity index (χ0v) is 19.4. The third kappa shape index (κ3) is 2.90. The zero-order chi connectivity index (χ0) is 24.6. The second-order valence-electron chi connectivity index (χ2n) is 10.2. The van der Waals surface area contributed by atoms with Gasteiger partial charge in [0.2, 0.25) is 17.7 Å². The number of hydrogen-bond donors (Lipinski definition) is 3. The molecule has 3 amide bonds. The highest BCUT2D eigenvalue weighted by molar-refractivity contribution is 6.15. The fraction of sp³-hybridized carbons (Fsp3) is 0.370. The summed E-state index contributed by atoms with van der Waals surface area (Å²) in [6.45, 7) is 0.787. The fourth-order valence-electron chi connectivity index (χ4n) is 6.72. The van der Waals surface area contributed by atoms with Crippen LogP contribution in [0.2, 0.25) is 0 Å². The third-order valence-electron chi connectivity index (χ3n) is 8.29. The topological polar surface area (TPSA) is 104 Å². The maximum Gasteiger partial charge on any atom is 0.250 e. The SMILES string of the molecule is O=C1[C@H]2[C@@H](Cc3c[nH]c4ccccc34)N[C@@]3(C(=O)Nc4ccc(F)cc43)[C@H]2C(=O)N1C[C@@H]1CCCO1. The predicted molar refractivity (Wildman–Crippen MR) is 128 cm³/mol. The summed E-state index contributed by atoms with van der Waals surface area (Å²) in [6.07, 6.45) is 3.80. The van der Waals surface area contributed by atoms with Crippen molar-refractivity contribution >= 4 is 34.3 Å². The van der Waals surface area contributed by atoms with Crippen molar-refractivity contribution in [2.45, 2.75) is 36.9 Å². The van der Waals surface area contributed by atoms with Gasteiger partial charge in [0.25, 0.3) is 0 Å². The van der Waals surface area contributed by atoms with E-state index in [-0.39, 0.29) is 18.6 Å². The van der Waals surface area contributed by atoms with Crippen molar-refractivity contribution in [2.75, 3.05) is 18.5 Å². The largest absolute Gasteiger partial charge is 0.376 e. The Kier molecular flexibility index (Phi) is 4.65. The molecule has 5 heterocycles. The van der Waals surface area contributed by atoms with E-state index < -0.39 is 41.0 Å². The summed E-state index contributed by atoms with van der Waals surface area (Å²) in [4.78, 5) is 45.8. The molecule has 0 radical (unpaired) electrons. The van der Waals surface area contributed by atoms with E-state index in [1.165, 1.54) is 23.1 Å². The highest BCUT2D eigenvalue weighted by Gasteiger charge is 2.70. The van der Waals surface area contributed by atoms with Crippen LogP contribution in [0.5, 0.6) is 0 Å². The van der Waals surface area contributed by atoms with E-state index in [9.17, 15) is 18.8 Å². The predicted octanol–water partition coefficient (Wildman–Crippen LogP) is 2.45. The van der Waals surface area contributed by atoms with Crippen LogP contribution in [0, 0.1) is 17.7 Å². The first kappa shape index (κ1) is 21.7. The van der Waals surface area contributed by atoms with Gasteiger partial charge in [0.05, 0.1) is 24.5 Å². The van der Waals surface area contributed by atoms with Crippen molar-refractivity contribution in [1.29, 1.82) is 0 Å². The maximum absolute atomic E-state index is 14.4. The van der Waals surface area contributed by atoms with Gasteiger partial charge in [-0.05, 0) is 49.1 Å². The smallest absolute Gasteiger partial charge is 0.250 e. The molecule has 3 fully saturated rings. The van der Waals surface area contributed by atoms with Crippen molar-refractivity contribution in [1.82, 2.24) is 15.2 Å². The lowest BCUT2D eigenvalue weighted by Gasteiger charge is -2.30. The van der Waals surface area contributed by atoms with Gasteiger partial charge < -0.3 is 15.0 Å². The second-order valence-corrected chi connectivity index (χ2v) is 10.2. The molecule has 3 saturated heterocycles. The van der Waals surface area contributed by atoms with Gasteiger partial charge in [0.1, 0.15) is 11.4 Å². The number of nitrogens with one attached hydrogen (secondary N) is 3. The number of rotatable bonds is 4. The number of nitrogens with zero attached hydrogens (tertiary/aromatic N) is 1. The Bertz CT molecular complexity index is 1430. The average Bonchev–Trinajstić information content (AvgIpc) is 3.67. The van der Waals surface area contributed by atoms with Crippen LogP contribution in [-0.4, -0.2) is 52.9 Å². The lowest BCUT2D eigenvalue weighted by Crippen LogP contribution is -2.54. The van der Waals surface area contributed by atoms with Crippen LogP contribution in [0.3, 0.4) is 0 Å². The highest BCUT2D eigenvalue weighted by atomic mass is 19.1. The Hall–Kier alpha value is -3.56. The van der Waals surface area contributed by atoms with E-state index in [0.717, 1.165) is 29.3 Å². The standard InChI is InChI=1S/C27H25FN4O4/c28-15-7-8-20-18(11-15)27(26(35)30-20)23-22(24(33)32(25(23)34)13-16-4-3-9-36-16)21(31-27)10-14-12-29-19-6-2-1-5-17(14)19/h1-2,5-8,11-12,16,21-23,29,31H,3-4,9-10,13H2,(H,30,35)/t16-,21+,22-,23+,27+/m0/s1. The quantitative estimate of drug-likeness (QED) is 0.490. The van der Waals surface area contributed by atoms with E-state index in [2.05, 4.69) is 15.6 Å². The van der Waals surface area contributed by atoms with Gasteiger partial charge in [0.15, 0.2) is 0 Å². The van der Waals surface area contributed by atoms with Crippen molar-refractivity contribution in [2.24, 2.45) is 11.8 Å². The molecule has 2 aromatic carbocycles. The Morgan fingerprint density at radius 2 is 1.97 bits per heavy atom. The number of carbonyl (C=O) groups is 3. The third-order valence-corrected chi connectivity index (χ3v) is 8.29. The van der Waals surface area contributed by atoms with Gasteiger partial charge in [0, 0.05) is 41.0 Å². The molecule has 5 atom stereocenters. The summed E-state index contributed by atoms with van der Waals surface area (Å²) in [6, 6.07) is 11.4. The molecule has 0 unspecified atom stereocenters. The number of amides is 3. The molecule has 3 aromatic rings. The number of para-hydroxylation sites is 1. The number of aromatic amines is 1. The zero-order valence-electron chi connectivity index (χ0n) is 19.4. The highest BCUT2D eigenvalue weighted by Crippen LogP contribution is 2.53. The summed E-state index contributed by atoms with van der Waals surface area (Å²) in [5, 5.41) is 7.23. The first-order valence-electron chi connectivity index (χ1n) is 12.4. The summed E-state index contributed by atoms with van der Waals surface area (Å²) in [5.74, 6) is -3.36. The number of ether oxygens (including phenoxy) is 1. The van der Waals surface area contributed by atoms with E-state index >= 15 is 0 Å². The van der Waals surface area contributed by atoms with Gasteiger partial charge in [-0.1, -0.05) is 18.2 Å². The number of carbonyl (C=O) groups excluding carboxylic acids is 3. The lowest BCUT2D eigenvalue weighted by atomic mass is 9.76. The minimum absolute atomic E-state index is 0.179. The van der Waals surface area contributed by atoms with E-state index in [1.807, 2.05) is 30.5 Å². The fourth-order valence-corrected chi connectivity index (χ4v) is 6.72.